The molecule has 52 heavy (non-hydrogen) atoms. The highest BCUT2D eigenvalue weighted by Gasteiger charge is 2.60. The number of fused-ring (bicyclic) bond motifs is 4. The zero-order valence-electron chi connectivity index (χ0n) is 29.3. The second kappa shape index (κ2) is 13.3. The number of alkyl halides is 3. The highest BCUT2D eigenvalue weighted by molar-refractivity contribution is 5.94. The SMILES string of the molecule is Cc1ccc(NC(=O)C2CC3CCCC3N(C(=O)O)C2(CC2c3ccccc3-c3ccccc32)c2ccc(NC3CCCC3)cc2)cc1C(F)(F)F. The van der Waals surface area contributed by atoms with Crippen LogP contribution in [-0.4, -0.2) is 34.1 Å². The number of rotatable bonds is 7. The molecule has 3 aliphatic carbocycles. The molecular weight excluding hydrogens is 663 g/mol. The molecule has 1 heterocycles. The summed E-state index contributed by atoms with van der Waals surface area (Å²) in [5.74, 6) is -1.63. The van der Waals surface area contributed by atoms with Crippen LogP contribution in [0.2, 0.25) is 0 Å². The van der Waals surface area contributed by atoms with Gasteiger partial charge in [0.05, 0.1) is 17.0 Å². The Balaban J connectivity index is 1.29. The first-order chi connectivity index (χ1) is 25.0. The van der Waals surface area contributed by atoms with Gasteiger partial charge in [-0.3, -0.25) is 9.69 Å². The van der Waals surface area contributed by atoms with Crippen molar-refractivity contribution in [3.05, 3.63) is 119 Å². The zero-order chi connectivity index (χ0) is 36.2. The van der Waals surface area contributed by atoms with E-state index in [1.165, 1.54) is 31.9 Å². The first kappa shape index (κ1) is 34.3. The third-order valence-electron chi connectivity index (χ3n) is 12.4. The van der Waals surface area contributed by atoms with E-state index in [0.29, 0.717) is 25.3 Å². The minimum Gasteiger partial charge on any atom is -0.465 e. The lowest BCUT2D eigenvalue weighted by Gasteiger charge is -2.56. The minimum absolute atomic E-state index is 0.0416. The van der Waals surface area contributed by atoms with Crippen LogP contribution in [-0.2, 0) is 16.5 Å². The molecule has 4 atom stereocenters. The summed E-state index contributed by atoms with van der Waals surface area (Å²) in [5, 5.41) is 17.8. The van der Waals surface area contributed by atoms with Gasteiger partial charge < -0.3 is 15.7 Å². The molecule has 6 nitrogen and oxygen atoms in total. The largest absolute Gasteiger partial charge is 0.465 e. The Morgan fingerprint density at radius 2 is 1.46 bits per heavy atom. The van der Waals surface area contributed by atoms with Crippen LogP contribution in [0.25, 0.3) is 11.1 Å². The van der Waals surface area contributed by atoms with Crippen molar-refractivity contribution >= 4 is 23.4 Å². The topological polar surface area (TPSA) is 81.7 Å². The number of hydrogen-bond acceptors (Lipinski definition) is 3. The summed E-state index contributed by atoms with van der Waals surface area (Å²) in [7, 11) is 0. The number of aryl methyl sites for hydroxylation is 1. The van der Waals surface area contributed by atoms with Crippen LogP contribution in [0.3, 0.4) is 0 Å². The summed E-state index contributed by atoms with van der Waals surface area (Å²) in [6, 6.07) is 28.2. The van der Waals surface area contributed by atoms with E-state index in [0.717, 1.165) is 65.3 Å². The van der Waals surface area contributed by atoms with Gasteiger partial charge in [-0.25, -0.2) is 4.79 Å². The molecule has 4 aromatic carbocycles. The lowest BCUT2D eigenvalue weighted by Crippen LogP contribution is -2.65. The van der Waals surface area contributed by atoms with Crippen LogP contribution in [0, 0.1) is 18.8 Å². The van der Waals surface area contributed by atoms with Crippen molar-refractivity contribution in [1.82, 2.24) is 4.90 Å². The van der Waals surface area contributed by atoms with E-state index >= 15 is 0 Å². The Morgan fingerprint density at radius 1 is 0.827 bits per heavy atom. The summed E-state index contributed by atoms with van der Waals surface area (Å²) < 4.78 is 42.0. The average molecular weight is 708 g/mol. The van der Waals surface area contributed by atoms with Gasteiger partial charge in [-0.2, -0.15) is 13.2 Å². The van der Waals surface area contributed by atoms with Crippen molar-refractivity contribution in [1.29, 1.82) is 0 Å². The van der Waals surface area contributed by atoms with E-state index in [9.17, 15) is 27.9 Å². The summed E-state index contributed by atoms with van der Waals surface area (Å²) in [5.41, 5.74) is 3.96. The molecule has 0 aromatic heterocycles. The number of carboxylic acid groups (broad SMARTS) is 1. The second-order valence-corrected chi connectivity index (χ2v) is 15.3. The number of anilines is 2. The van der Waals surface area contributed by atoms with Crippen LogP contribution in [0.5, 0.6) is 0 Å². The van der Waals surface area contributed by atoms with E-state index in [2.05, 4.69) is 34.9 Å². The number of likely N-dealkylation sites (tertiary alicyclic amines) is 1. The molecule has 3 N–H and O–H groups in total. The molecule has 0 spiro atoms. The monoisotopic (exact) mass is 707 g/mol. The normalized spacial score (nSPS) is 24.3. The molecule has 9 heteroatoms. The Labute approximate surface area is 302 Å². The number of benzene rings is 4. The molecule has 4 unspecified atom stereocenters. The lowest BCUT2D eigenvalue weighted by molar-refractivity contribution is -0.138. The van der Waals surface area contributed by atoms with Crippen molar-refractivity contribution in [3.8, 4) is 11.1 Å². The third-order valence-corrected chi connectivity index (χ3v) is 12.4. The van der Waals surface area contributed by atoms with Crippen molar-refractivity contribution < 1.29 is 27.9 Å². The number of hydrogen-bond donors (Lipinski definition) is 3. The highest BCUT2D eigenvalue weighted by Crippen LogP contribution is 2.58. The van der Waals surface area contributed by atoms with Gasteiger partial charge >= 0.3 is 12.3 Å². The predicted octanol–water partition coefficient (Wildman–Crippen LogP) is 10.6. The molecule has 1 aliphatic heterocycles. The Kier molecular flexibility index (Phi) is 8.79. The van der Waals surface area contributed by atoms with Gasteiger partial charge in [0.2, 0.25) is 5.91 Å². The van der Waals surface area contributed by atoms with Gasteiger partial charge in [-0.15, -0.1) is 0 Å². The number of nitrogens with one attached hydrogen (secondary N) is 2. The molecule has 0 bridgehead atoms. The smallest absolute Gasteiger partial charge is 0.416 e. The van der Waals surface area contributed by atoms with E-state index < -0.39 is 35.2 Å². The van der Waals surface area contributed by atoms with Gasteiger partial charge in [-0.05, 0) is 109 Å². The molecule has 3 fully saturated rings. The fraction of sp³-hybridized carbons (Fsp3) is 0.395. The fourth-order valence-corrected chi connectivity index (χ4v) is 10.1. The quantitative estimate of drug-likeness (QED) is 0.179. The van der Waals surface area contributed by atoms with Crippen LogP contribution in [0.1, 0.15) is 91.5 Å². The van der Waals surface area contributed by atoms with Crippen molar-refractivity contribution in [2.45, 2.75) is 94.4 Å². The molecule has 2 saturated carbocycles. The summed E-state index contributed by atoms with van der Waals surface area (Å²) in [6.07, 6.45) is 1.93. The van der Waals surface area contributed by atoms with Gasteiger partial charge in [0, 0.05) is 29.4 Å². The summed E-state index contributed by atoms with van der Waals surface area (Å²) in [6.45, 7) is 1.40. The zero-order valence-corrected chi connectivity index (χ0v) is 29.3. The Hall–Kier alpha value is -4.79. The standard InChI is InChI=1S/C43H44F3N3O3/c1-26-17-20-31(24-37(26)43(44,45)46)48-40(50)38-23-27-9-8-16-39(27)49(41(51)52)42(38,28-18-21-30(22-19-28)47-29-10-2-3-11-29)25-36-34-14-6-4-12-32(34)33-13-5-7-15-35(33)36/h4-7,12-15,17-22,24,27,29,36,38-39,47H,2-3,8-11,16,23,25H2,1H3,(H,48,50)(H,51,52). The van der Waals surface area contributed by atoms with Gasteiger partial charge in [0.15, 0.2) is 0 Å². The molecule has 8 rings (SSSR count). The minimum atomic E-state index is -4.59. The van der Waals surface area contributed by atoms with Crippen LogP contribution < -0.4 is 10.6 Å². The van der Waals surface area contributed by atoms with Gasteiger partial charge in [0.25, 0.3) is 0 Å². The number of amides is 2. The molecule has 0 radical (unpaired) electrons. The van der Waals surface area contributed by atoms with Gasteiger partial charge in [0.1, 0.15) is 0 Å². The number of halogens is 3. The van der Waals surface area contributed by atoms with Crippen LogP contribution in [0.4, 0.5) is 29.3 Å². The van der Waals surface area contributed by atoms with Crippen LogP contribution in [0.15, 0.2) is 91.0 Å². The number of nitrogens with zero attached hydrogens (tertiary/aromatic N) is 1. The van der Waals surface area contributed by atoms with E-state index in [-0.39, 0.29) is 29.1 Å². The first-order valence-electron chi connectivity index (χ1n) is 18.6. The van der Waals surface area contributed by atoms with Crippen molar-refractivity contribution in [2.75, 3.05) is 10.6 Å². The molecule has 4 aromatic rings. The maximum Gasteiger partial charge on any atom is 0.416 e. The molecule has 270 valence electrons. The summed E-state index contributed by atoms with van der Waals surface area (Å²) in [4.78, 5) is 30.3. The van der Waals surface area contributed by atoms with Crippen LogP contribution >= 0.6 is 0 Å². The fourth-order valence-electron chi connectivity index (χ4n) is 10.1. The maximum atomic E-state index is 14.9. The Morgan fingerprint density at radius 3 is 2.10 bits per heavy atom. The Bertz CT molecular complexity index is 1940. The molecule has 4 aliphatic rings. The van der Waals surface area contributed by atoms with Gasteiger partial charge in [-0.1, -0.05) is 86.0 Å². The lowest BCUT2D eigenvalue weighted by atomic mass is 9.62. The van der Waals surface area contributed by atoms with E-state index in [1.807, 2.05) is 48.5 Å². The summed E-state index contributed by atoms with van der Waals surface area (Å²) >= 11 is 0. The maximum absolute atomic E-state index is 14.9. The molecular formula is C43H44F3N3O3. The first-order valence-corrected chi connectivity index (χ1v) is 18.6. The van der Waals surface area contributed by atoms with Crippen molar-refractivity contribution in [3.63, 3.8) is 0 Å². The third kappa shape index (κ3) is 5.92. The number of carbonyl (C=O) groups excluding carboxylic acids is 1. The van der Waals surface area contributed by atoms with E-state index in [1.54, 1.807) is 4.90 Å². The number of carbonyl (C=O) groups is 2. The number of piperidine rings is 1. The van der Waals surface area contributed by atoms with E-state index in [4.69, 9.17) is 0 Å². The molecule has 2 amide bonds. The molecule has 1 saturated heterocycles. The van der Waals surface area contributed by atoms with Crippen molar-refractivity contribution in [2.24, 2.45) is 11.8 Å². The average Bonchev–Trinajstić information content (AvgIpc) is 3.89. The second-order valence-electron chi connectivity index (χ2n) is 15.3. The highest BCUT2D eigenvalue weighted by atomic mass is 19.4. The predicted molar refractivity (Wildman–Crippen MR) is 196 cm³/mol.